The van der Waals surface area contributed by atoms with E-state index in [4.69, 9.17) is 0 Å². The number of rotatable bonds is 2. The van der Waals surface area contributed by atoms with Crippen LogP contribution in [0.3, 0.4) is 0 Å². The molecule has 0 unspecified atom stereocenters. The summed E-state index contributed by atoms with van der Waals surface area (Å²) < 4.78 is 0. The second-order valence-corrected chi connectivity index (χ2v) is 9.73. The first-order chi connectivity index (χ1) is 7.21. The fourth-order valence-corrected chi connectivity index (χ4v) is 5.07. The van der Waals surface area contributed by atoms with Crippen LogP contribution >= 0.6 is 8.07 Å². The van der Waals surface area contributed by atoms with E-state index in [9.17, 15) is 0 Å². The van der Waals surface area contributed by atoms with Crippen LogP contribution in [0.15, 0.2) is 30.3 Å². The van der Waals surface area contributed by atoms with Gasteiger partial charge in [-0.2, -0.15) is 0 Å². The molecule has 1 aromatic rings. The van der Waals surface area contributed by atoms with Crippen LogP contribution in [-0.2, 0) is 0 Å². The van der Waals surface area contributed by atoms with Gasteiger partial charge in [0.15, 0.2) is 0 Å². The average molecular weight is 237 g/mol. The lowest BCUT2D eigenvalue weighted by Gasteiger charge is -2.41. The Hall–Kier alpha value is -0.550. The summed E-state index contributed by atoms with van der Waals surface area (Å²) in [5.41, 5.74) is 1.23. The van der Waals surface area contributed by atoms with Gasteiger partial charge in [-0.05, 0) is 20.2 Å². The Labute approximate surface area is 101 Å². The molecule has 2 heteroatoms. The predicted octanol–water partition coefficient (Wildman–Crippen LogP) is 5.09. The van der Waals surface area contributed by atoms with Gasteiger partial charge in [0.05, 0.1) is 0 Å². The van der Waals surface area contributed by atoms with Gasteiger partial charge in [0.25, 0.3) is 0 Å². The van der Waals surface area contributed by atoms with Crippen LogP contribution in [-0.4, -0.2) is 10.3 Å². The van der Waals surface area contributed by atoms with Gasteiger partial charge in [0.1, 0.15) is 0 Å². The van der Waals surface area contributed by atoms with E-state index in [1.807, 2.05) is 0 Å². The van der Waals surface area contributed by atoms with Crippen molar-refractivity contribution in [2.75, 3.05) is 5.09 Å². The van der Waals surface area contributed by atoms with Gasteiger partial charge in [0.2, 0.25) is 0 Å². The maximum absolute atomic E-state index is 3.72. The fraction of sp³-hybridized carbons (Fsp3) is 0.571. The molecule has 0 saturated carbocycles. The number of para-hydroxylation sites is 1. The fourth-order valence-electron chi connectivity index (χ4n) is 1.98. The summed E-state index contributed by atoms with van der Waals surface area (Å²) in [6, 6.07) is 10.5. The molecule has 0 aromatic heterocycles. The first kappa shape index (κ1) is 13.5. The minimum absolute atomic E-state index is 0.269. The molecule has 1 N–H and O–H groups in total. The van der Waals surface area contributed by atoms with Crippen LogP contribution < -0.4 is 5.09 Å². The number of benzene rings is 1. The van der Waals surface area contributed by atoms with E-state index in [1.165, 1.54) is 5.69 Å². The predicted molar refractivity (Wildman–Crippen MR) is 76.5 cm³/mol. The second-order valence-electron chi connectivity index (χ2n) is 6.15. The molecule has 0 fully saturated rings. The molecule has 1 nitrogen and oxygen atoms in total. The quantitative estimate of drug-likeness (QED) is 0.706. The van der Waals surface area contributed by atoms with Crippen molar-refractivity contribution in [2.24, 2.45) is 0 Å². The highest BCUT2D eigenvalue weighted by Gasteiger charge is 2.34. The van der Waals surface area contributed by atoms with Crippen molar-refractivity contribution in [1.82, 2.24) is 0 Å². The molecule has 1 rings (SSSR count). The summed E-state index contributed by atoms with van der Waals surface area (Å²) in [4.78, 5) is 0. The van der Waals surface area contributed by atoms with Crippen molar-refractivity contribution in [2.45, 2.75) is 51.9 Å². The molecule has 90 valence electrons. The highest BCUT2D eigenvalue weighted by atomic mass is 31.1. The molecule has 0 aliphatic carbocycles. The Balaban J connectivity index is 2.89. The standard InChI is InChI=1S/C14H24NP/c1-13(2,3)16(14(4,5)6)15-12-10-8-7-9-11-12/h7-11,15H,1-6H3. The van der Waals surface area contributed by atoms with Crippen LogP contribution in [0.1, 0.15) is 41.5 Å². The number of nitrogens with one attached hydrogen (secondary N) is 1. The first-order valence-corrected chi connectivity index (χ1v) is 7.17. The van der Waals surface area contributed by atoms with E-state index < -0.39 is 0 Å². The van der Waals surface area contributed by atoms with E-state index in [-0.39, 0.29) is 8.07 Å². The number of hydrogen-bond acceptors (Lipinski definition) is 1. The number of hydrogen-bond donors (Lipinski definition) is 1. The summed E-state index contributed by atoms with van der Waals surface area (Å²) in [6.07, 6.45) is 0. The van der Waals surface area contributed by atoms with Crippen molar-refractivity contribution in [3.05, 3.63) is 30.3 Å². The monoisotopic (exact) mass is 237 g/mol. The number of anilines is 1. The zero-order valence-corrected chi connectivity index (χ0v) is 12.2. The molecule has 16 heavy (non-hydrogen) atoms. The zero-order chi connectivity index (χ0) is 12.4. The SMILES string of the molecule is CC(C)(C)P(Nc1ccccc1)C(C)(C)C. The third kappa shape index (κ3) is 3.79. The van der Waals surface area contributed by atoms with Gasteiger partial charge < -0.3 is 5.09 Å². The van der Waals surface area contributed by atoms with Gasteiger partial charge in [-0.1, -0.05) is 59.7 Å². The molecule has 0 amide bonds. The van der Waals surface area contributed by atoms with Crippen LogP contribution in [0, 0.1) is 0 Å². The smallest absolute Gasteiger partial charge is 0.0372 e. The Morgan fingerprint density at radius 2 is 1.25 bits per heavy atom. The van der Waals surface area contributed by atoms with Gasteiger partial charge in [0, 0.05) is 16.0 Å². The molecule has 0 bridgehead atoms. The Bertz CT molecular complexity index is 305. The highest BCUT2D eigenvalue weighted by molar-refractivity contribution is 7.62. The van der Waals surface area contributed by atoms with Crippen LogP contribution in [0.4, 0.5) is 5.69 Å². The van der Waals surface area contributed by atoms with Crippen LogP contribution in [0.25, 0.3) is 0 Å². The molecular formula is C14H24NP. The van der Waals surface area contributed by atoms with Crippen molar-refractivity contribution in [3.63, 3.8) is 0 Å². The van der Waals surface area contributed by atoms with Gasteiger partial charge in [-0.25, -0.2) is 0 Å². The Morgan fingerprint density at radius 1 is 0.812 bits per heavy atom. The summed E-state index contributed by atoms with van der Waals surface area (Å²) in [7, 11) is -0.269. The lowest BCUT2D eigenvalue weighted by atomic mass is 10.2. The molecule has 0 heterocycles. The van der Waals surface area contributed by atoms with E-state index in [0.29, 0.717) is 10.3 Å². The lowest BCUT2D eigenvalue weighted by Crippen LogP contribution is -2.28. The minimum atomic E-state index is -0.269. The van der Waals surface area contributed by atoms with E-state index >= 15 is 0 Å². The molecule has 0 aliphatic heterocycles. The summed E-state index contributed by atoms with van der Waals surface area (Å²) in [6.45, 7) is 13.9. The molecule has 0 atom stereocenters. The van der Waals surface area contributed by atoms with Crippen molar-refractivity contribution >= 4 is 13.8 Å². The normalized spacial score (nSPS) is 12.9. The maximum atomic E-state index is 3.72. The van der Waals surface area contributed by atoms with E-state index in [0.717, 1.165) is 0 Å². The Morgan fingerprint density at radius 3 is 1.62 bits per heavy atom. The highest BCUT2D eigenvalue weighted by Crippen LogP contribution is 2.58. The minimum Gasteiger partial charge on any atom is -0.363 e. The summed E-state index contributed by atoms with van der Waals surface area (Å²) in [5.74, 6) is 0. The lowest BCUT2D eigenvalue weighted by molar-refractivity contribution is 0.710. The molecule has 1 aromatic carbocycles. The maximum Gasteiger partial charge on any atom is 0.0372 e. The largest absolute Gasteiger partial charge is 0.363 e. The molecule has 0 aliphatic rings. The van der Waals surface area contributed by atoms with E-state index in [1.54, 1.807) is 0 Å². The third-order valence-electron chi connectivity index (χ3n) is 2.36. The topological polar surface area (TPSA) is 12.0 Å². The molecular weight excluding hydrogens is 213 g/mol. The van der Waals surface area contributed by atoms with Gasteiger partial charge in [-0.15, -0.1) is 0 Å². The summed E-state index contributed by atoms with van der Waals surface area (Å²) >= 11 is 0. The van der Waals surface area contributed by atoms with Crippen molar-refractivity contribution in [3.8, 4) is 0 Å². The van der Waals surface area contributed by atoms with Crippen molar-refractivity contribution < 1.29 is 0 Å². The van der Waals surface area contributed by atoms with E-state index in [2.05, 4.69) is 77.0 Å². The van der Waals surface area contributed by atoms with Gasteiger partial charge in [-0.3, -0.25) is 0 Å². The van der Waals surface area contributed by atoms with Crippen molar-refractivity contribution in [1.29, 1.82) is 0 Å². The Kier molecular flexibility index (Phi) is 4.02. The zero-order valence-electron chi connectivity index (χ0n) is 11.3. The third-order valence-corrected chi connectivity index (χ3v) is 5.52. The van der Waals surface area contributed by atoms with Gasteiger partial charge >= 0.3 is 0 Å². The molecule has 0 radical (unpaired) electrons. The average Bonchev–Trinajstić information content (AvgIpc) is 2.12. The molecule has 0 spiro atoms. The van der Waals surface area contributed by atoms with Crippen LogP contribution in [0.5, 0.6) is 0 Å². The molecule has 0 saturated heterocycles. The van der Waals surface area contributed by atoms with Crippen LogP contribution in [0.2, 0.25) is 0 Å². The first-order valence-electron chi connectivity index (χ1n) is 5.83. The second kappa shape index (κ2) is 4.75. The summed E-state index contributed by atoms with van der Waals surface area (Å²) in [5, 5.41) is 4.34.